The fourth-order valence-corrected chi connectivity index (χ4v) is 2.71. The monoisotopic (exact) mass is 278 g/mol. The van der Waals surface area contributed by atoms with Crippen LogP contribution in [0.3, 0.4) is 0 Å². The first-order chi connectivity index (χ1) is 8.39. The minimum Gasteiger partial charge on any atom is -0.312 e. The highest BCUT2D eigenvalue weighted by molar-refractivity contribution is 7.41. The highest BCUT2D eigenvalue weighted by atomic mass is 31.2. The lowest BCUT2D eigenvalue weighted by molar-refractivity contribution is -0.117. The van der Waals surface area contributed by atoms with E-state index >= 15 is 0 Å². The first-order valence-corrected chi connectivity index (χ1v) is 7.71. The van der Waals surface area contributed by atoms with Gasteiger partial charge in [-0.1, -0.05) is 27.7 Å². The molecule has 0 spiro atoms. The van der Waals surface area contributed by atoms with Crippen molar-refractivity contribution in [3.8, 4) is 0 Å². The van der Waals surface area contributed by atoms with E-state index in [4.69, 9.17) is 13.6 Å². The van der Waals surface area contributed by atoms with Crippen molar-refractivity contribution in [2.24, 2.45) is 5.41 Å². The molecule has 0 radical (unpaired) electrons. The number of ketones is 1. The van der Waals surface area contributed by atoms with Crippen molar-refractivity contribution in [2.45, 2.75) is 60.5 Å². The third-order valence-electron chi connectivity index (χ3n) is 2.29. The fourth-order valence-electron chi connectivity index (χ4n) is 1.20. The summed E-state index contributed by atoms with van der Waals surface area (Å²) in [5.41, 5.74) is 0.0742. The van der Waals surface area contributed by atoms with E-state index in [0.717, 1.165) is 6.42 Å². The van der Waals surface area contributed by atoms with Crippen LogP contribution in [-0.4, -0.2) is 25.1 Å². The standard InChI is InChI=1S/C11H21O4P.C2H6/c1-9(12)5-6-10(2)15-16-13-7-11(3,4)8-14-16;1-2/h10H,5-8H2,1-4H3;1-2H3. The summed E-state index contributed by atoms with van der Waals surface area (Å²) in [7, 11) is -1.21. The quantitative estimate of drug-likeness (QED) is 0.711. The number of hydrogen-bond donors (Lipinski definition) is 0. The molecule has 1 aliphatic heterocycles. The van der Waals surface area contributed by atoms with Crippen LogP contribution in [0.25, 0.3) is 0 Å². The number of hydrogen-bond acceptors (Lipinski definition) is 4. The first-order valence-electron chi connectivity index (χ1n) is 6.61. The van der Waals surface area contributed by atoms with Crippen LogP contribution in [0.2, 0.25) is 0 Å². The summed E-state index contributed by atoms with van der Waals surface area (Å²) < 4.78 is 16.6. The Labute approximate surface area is 112 Å². The lowest BCUT2D eigenvalue weighted by atomic mass is 9.97. The Hall–Kier alpha value is -0.0200. The van der Waals surface area contributed by atoms with Gasteiger partial charge in [-0.25, -0.2) is 0 Å². The summed E-state index contributed by atoms with van der Waals surface area (Å²) in [6.45, 7) is 13.1. The van der Waals surface area contributed by atoms with Gasteiger partial charge in [0, 0.05) is 11.8 Å². The Bertz CT molecular complexity index is 233. The van der Waals surface area contributed by atoms with Gasteiger partial charge in [-0.2, -0.15) is 0 Å². The molecule has 18 heavy (non-hydrogen) atoms. The Morgan fingerprint density at radius 2 is 1.83 bits per heavy atom. The zero-order valence-electron chi connectivity index (χ0n) is 12.5. The topological polar surface area (TPSA) is 44.8 Å². The molecule has 1 aliphatic rings. The Balaban J connectivity index is 0.00000137. The van der Waals surface area contributed by atoms with Gasteiger partial charge in [0.05, 0.1) is 19.3 Å². The second-order valence-electron chi connectivity index (χ2n) is 5.09. The van der Waals surface area contributed by atoms with E-state index in [2.05, 4.69) is 13.8 Å². The number of carbonyl (C=O) groups is 1. The van der Waals surface area contributed by atoms with E-state index in [1.54, 1.807) is 6.92 Å². The lowest BCUT2D eigenvalue weighted by Crippen LogP contribution is -2.29. The van der Waals surface area contributed by atoms with Crippen molar-refractivity contribution in [3.05, 3.63) is 0 Å². The first kappa shape index (κ1) is 18.0. The molecule has 0 N–H and O–H groups in total. The second-order valence-corrected chi connectivity index (χ2v) is 6.27. The zero-order valence-corrected chi connectivity index (χ0v) is 13.4. The summed E-state index contributed by atoms with van der Waals surface area (Å²) in [4.78, 5) is 10.8. The maximum atomic E-state index is 10.8. The minimum atomic E-state index is -1.21. The molecule has 1 saturated heterocycles. The highest BCUT2D eigenvalue weighted by Gasteiger charge is 2.31. The van der Waals surface area contributed by atoms with Gasteiger partial charge in [-0.3, -0.25) is 0 Å². The average molecular weight is 278 g/mol. The Morgan fingerprint density at radius 3 is 2.28 bits per heavy atom. The molecule has 0 aromatic carbocycles. The van der Waals surface area contributed by atoms with Crippen LogP contribution in [0, 0.1) is 5.41 Å². The molecule has 1 fully saturated rings. The molecule has 0 aromatic rings. The predicted molar refractivity (Wildman–Crippen MR) is 74.4 cm³/mol. The van der Waals surface area contributed by atoms with Gasteiger partial charge < -0.3 is 18.4 Å². The molecule has 5 heteroatoms. The predicted octanol–water partition coefficient (Wildman–Crippen LogP) is 4.09. The molecule has 1 heterocycles. The van der Waals surface area contributed by atoms with E-state index in [9.17, 15) is 4.79 Å². The molecule has 1 rings (SSSR count). The zero-order chi connectivity index (χ0) is 14.2. The molecule has 0 aliphatic carbocycles. The molecule has 108 valence electrons. The normalized spacial score (nSPS) is 20.8. The largest absolute Gasteiger partial charge is 0.332 e. The van der Waals surface area contributed by atoms with Gasteiger partial charge in [-0.05, 0) is 20.3 Å². The van der Waals surface area contributed by atoms with Crippen molar-refractivity contribution < 1.29 is 18.4 Å². The van der Waals surface area contributed by atoms with Gasteiger partial charge >= 0.3 is 8.60 Å². The van der Waals surface area contributed by atoms with Crippen LogP contribution in [0.1, 0.15) is 54.4 Å². The Kier molecular flexibility index (Phi) is 8.97. The van der Waals surface area contributed by atoms with E-state index in [0.29, 0.717) is 19.6 Å². The summed E-state index contributed by atoms with van der Waals surface area (Å²) in [5, 5.41) is 0. The number of rotatable bonds is 5. The average Bonchev–Trinajstić information content (AvgIpc) is 2.32. The van der Waals surface area contributed by atoms with E-state index in [1.807, 2.05) is 20.8 Å². The highest BCUT2D eigenvalue weighted by Crippen LogP contribution is 2.47. The van der Waals surface area contributed by atoms with Crippen LogP contribution in [0.15, 0.2) is 0 Å². The number of carbonyl (C=O) groups excluding carboxylic acids is 1. The third-order valence-corrected chi connectivity index (χ3v) is 3.50. The van der Waals surface area contributed by atoms with E-state index in [-0.39, 0.29) is 17.3 Å². The van der Waals surface area contributed by atoms with Crippen molar-refractivity contribution >= 4 is 14.4 Å². The molecule has 0 aromatic heterocycles. The molecule has 0 bridgehead atoms. The van der Waals surface area contributed by atoms with Crippen LogP contribution in [-0.2, 0) is 18.4 Å². The van der Waals surface area contributed by atoms with Crippen LogP contribution >= 0.6 is 8.60 Å². The molecule has 0 amide bonds. The molecular formula is C13H27O4P. The van der Waals surface area contributed by atoms with E-state index < -0.39 is 8.60 Å². The van der Waals surface area contributed by atoms with Gasteiger partial charge in [0.15, 0.2) is 0 Å². The summed E-state index contributed by atoms with van der Waals surface area (Å²) in [6, 6.07) is 0. The van der Waals surface area contributed by atoms with Crippen LogP contribution in [0.4, 0.5) is 0 Å². The van der Waals surface area contributed by atoms with Crippen LogP contribution < -0.4 is 0 Å². The van der Waals surface area contributed by atoms with Gasteiger partial charge in [0.1, 0.15) is 5.78 Å². The van der Waals surface area contributed by atoms with E-state index in [1.165, 1.54) is 0 Å². The van der Waals surface area contributed by atoms with Crippen molar-refractivity contribution in [3.63, 3.8) is 0 Å². The summed E-state index contributed by atoms with van der Waals surface area (Å²) in [5.74, 6) is 0.190. The van der Waals surface area contributed by atoms with Gasteiger partial charge in [0.2, 0.25) is 0 Å². The second kappa shape index (κ2) is 8.98. The van der Waals surface area contributed by atoms with Crippen LogP contribution in [0.5, 0.6) is 0 Å². The molecular weight excluding hydrogens is 251 g/mol. The Morgan fingerprint density at radius 1 is 1.33 bits per heavy atom. The van der Waals surface area contributed by atoms with Crippen molar-refractivity contribution in [1.82, 2.24) is 0 Å². The maximum absolute atomic E-state index is 10.8. The van der Waals surface area contributed by atoms with Crippen molar-refractivity contribution in [1.29, 1.82) is 0 Å². The van der Waals surface area contributed by atoms with Gasteiger partial charge in [-0.15, -0.1) is 0 Å². The SMILES string of the molecule is CC.CC(=O)CCC(C)OP1OCC(C)(C)CO1. The lowest BCUT2D eigenvalue weighted by Gasteiger charge is -2.33. The smallest absolute Gasteiger partial charge is 0.312 e. The molecule has 1 unspecified atom stereocenters. The fraction of sp³-hybridized carbons (Fsp3) is 0.923. The third kappa shape index (κ3) is 8.15. The summed E-state index contributed by atoms with van der Waals surface area (Å²) in [6.07, 6.45) is 1.29. The molecule has 0 saturated carbocycles. The number of Topliss-reactive ketones (excluding diaryl/α,β-unsaturated/α-hetero) is 1. The van der Waals surface area contributed by atoms with Gasteiger partial charge in [0.25, 0.3) is 0 Å². The molecule has 4 nitrogen and oxygen atoms in total. The molecule has 1 atom stereocenters. The minimum absolute atomic E-state index is 0.0104. The maximum Gasteiger partial charge on any atom is 0.332 e. The van der Waals surface area contributed by atoms with Crippen molar-refractivity contribution in [2.75, 3.05) is 13.2 Å². The summed E-state index contributed by atoms with van der Waals surface area (Å²) >= 11 is 0.